The van der Waals surface area contributed by atoms with Crippen molar-refractivity contribution in [2.24, 2.45) is 0 Å². The quantitative estimate of drug-likeness (QED) is 0.697. The Balaban J connectivity index is 1.97. The Kier molecular flexibility index (Phi) is 3.42. The minimum absolute atomic E-state index is 0.0577. The zero-order valence-electron chi connectivity index (χ0n) is 14.2. The van der Waals surface area contributed by atoms with Crippen molar-refractivity contribution in [2.45, 2.75) is 25.7 Å². The van der Waals surface area contributed by atoms with Crippen LogP contribution in [0.1, 0.15) is 46.5 Å². The molecule has 0 aromatic heterocycles. The maximum atomic E-state index is 13.2. The summed E-state index contributed by atoms with van der Waals surface area (Å²) in [5.74, 6) is 0.814. The van der Waals surface area contributed by atoms with E-state index in [1.54, 1.807) is 13.2 Å². The third-order valence-corrected chi connectivity index (χ3v) is 6.32. The number of fused-ring (bicyclic) bond motifs is 3. The highest BCUT2D eigenvalue weighted by Gasteiger charge is 2.43. The van der Waals surface area contributed by atoms with Crippen molar-refractivity contribution in [3.05, 3.63) is 68.2 Å². The van der Waals surface area contributed by atoms with Crippen LogP contribution in [-0.4, -0.2) is 12.9 Å². The van der Waals surface area contributed by atoms with Crippen LogP contribution in [-0.2, 0) is 11.8 Å². The number of ether oxygens (including phenoxy) is 1. The van der Waals surface area contributed by atoms with E-state index in [9.17, 15) is 10.1 Å². The summed E-state index contributed by atoms with van der Waals surface area (Å²) in [5.41, 5.74) is 5.94. The maximum Gasteiger partial charge on any atom is 0.193 e. The summed E-state index contributed by atoms with van der Waals surface area (Å²) < 4.78 is 6.16. The number of rotatable bonds is 1. The number of nitrogens with zero attached hydrogens (tertiary/aromatic N) is 1. The second-order valence-corrected chi connectivity index (χ2v) is 7.75. The molecule has 2 aromatic carbocycles. The number of Topliss-reactive ketones (excluding diaryl/α,β-unsaturated/α-hetero) is 1. The lowest BCUT2D eigenvalue weighted by atomic mass is 9.68. The zero-order chi connectivity index (χ0) is 17.9. The monoisotopic (exact) mass is 393 g/mol. The van der Waals surface area contributed by atoms with E-state index in [4.69, 9.17) is 4.74 Å². The highest BCUT2D eigenvalue weighted by Crippen LogP contribution is 2.51. The van der Waals surface area contributed by atoms with Crippen molar-refractivity contribution >= 4 is 27.3 Å². The van der Waals surface area contributed by atoms with Crippen LogP contribution in [0, 0.1) is 11.3 Å². The van der Waals surface area contributed by atoms with Crippen LogP contribution in [0.15, 0.2) is 40.4 Å². The first-order valence-corrected chi connectivity index (χ1v) is 8.88. The number of benzene rings is 2. The molecule has 0 spiro atoms. The molecule has 0 radical (unpaired) electrons. The molecule has 0 aliphatic heterocycles. The molecule has 2 aliphatic rings. The van der Waals surface area contributed by atoms with Gasteiger partial charge in [-0.2, -0.15) is 5.26 Å². The van der Waals surface area contributed by atoms with Crippen molar-refractivity contribution < 1.29 is 9.53 Å². The summed E-state index contributed by atoms with van der Waals surface area (Å²) in [6.07, 6.45) is 0.677. The van der Waals surface area contributed by atoms with Crippen LogP contribution in [0.3, 0.4) is 0 Å². The van der Waals surface area contributed by atoms with Crippen LogP contribution in [0.2, 0.25) is 0 Å². The molecule has 2 aromatic rings. The van der Waals surface area contributed by atoms with Crippen molar-refractivity contribution in [1.29, 1.82) is 5.26 Å². The van der Waals surface area contributed by atoms with E-state index in [2.05, 4.69) is 35.8 Å². The van der Waals surface area contributed by atoms with Crippen LogP contribution < -0.4 is 4.74 Å². The van der Waals surface area contributed by atoms with Crippen molar-refractivity contribution in [1.82, 2.24) is 0 Å². The Morgan fingerprint density at radius 3 is 2.60 bits per heavy atom. The zero-order valence-corrected chi connectivity index (χ0v) is 15.8. The molecule has 3 nitrogen and oxygen atoms in total. The Hall–Kier alpha value is -2.38. The number of ketones is 1. The lowest BCUT2D eigenvalue weighted by Gasteiger charge is -2.34. The van der Waals surface area contributed by atoms with Gasteiger partial charge in [-0.3, -0.25) is 4.79 Å². The Morgan fingerprint density at radius 2 is 1.92 bits per heavy atom. The summed E-state index contributed by atoms with van der Waals surface area (Å²) in [4.78, 5) is 13.2. The molecule has 0 saturated heterocycles. The molecule has 4 heteroatoms. The Bertz CT molecular complexity index is 1020. The van der Waals surface area contributed by atoms with Crippen LogP contribution in [0.5, 0.6) is 5.75 Å². The minimum atomic E-state index is -0.279. The smallest absolute Gasteiger partial charge is 0.193 e. The topological polar surface area (TPSA) is 50.1 Å². The molecule has 0 saturated carbocycles. The van der Waals surface area contributed by atoms with Crippen molar-refractivity contribution in [3.63, 3.8) is 0 Å². The largest absolute Gasteiger partial charge is 0.497 e. The van der Waals surface area contributed by atoms with E-state index < -0.39 is 0 Å². The van der Waals surface area contributed by atoms with E-state index in [1.807, 2.05) is 24.3 Å². The average Bonchev–Trinajstić information content (AvgIpc) is 3.01. The molecule has 25 heavy (non-hydrogen) atoms. The maximum absolute atomic E-state index is 13.2. The molecule has 0 bridgehead atoms. The van der Waals surface area contributed by atoms with Gasteiger partial charge >= 0.3 is 0 Å². The third kappa shape index (κ3) is 2.06. The van der Waals surface area contributed by atoms with E-state index in [0.29, 0.717) is 12.0 Å². The normalized spacial score (nSPS) is 16.8. The van der Waals surface area contributed by atoms with Gasteiger partial charge in [-0.15, -0.1) is 0 Å². The molecular weight excluding hydrogens is 378 g/mol. The highest BCUT2D eigenvalue weighted by molar-refractivity contribution is 9.10. The van der Waals surface area contributed by atoms with Gasteiger partial charge in [0.1, 0.15) is 11.8 Å². The molecule has 0 unspecified atom stereocenters. The number of hydrogen-bond donors (Lipinski definition) is 0. The fourth-order valence-electron chi connectivity index (χ4n) is 4.00. The lowest BCUT2D eigenvalue weighted by Crippen LogP contribution is -2.29. The molecule has 0 amide bonds. The van der Waals surface area contributed by atoms with Crippen LogP contribution in [0.4, 0.5) is 0 Å². The van der Waals surface area contributed by atoms with Gasteiger partial charge in [-0.1, -0.05) is 19.9 Å². The Morgan fingerprint density at radius 1 is 1.20 bits per heavy atom. The van der Waals surface area contributed by atoms with Gasteiger partial charge < -0.3 is 4.74 Å². The molecule has 0 fully saturated rings. The van der Waals surface area contributed by atoms with E-state index in [0.717, 1.165) is 43.6 Å². The van der Waals surface area contributed by atoms with Gasteiger partial charge in [0, 0.05) is 21.0 Å². The summed E-state index contributed by atoms with van der Waals surface area (Å²) in [5, 5.41) is 9.29. The minimum Gasteiger partial charge on any atom is -0.497 e. The second kappa shape index (κ2) is 5.31. The number of methoxy groups -OCH3 is 1. The number of allylic oxidation sites excluding steroid dienone is 2. The van der Waals surface area contributed by atoms with E-state index in [1.165, 1.54) is 0 Å². The summed E-state index contributed by atoms with van der Waals surface area (Å²) in [7, 11) is 1.63. The summed E-state index contributed by atoms with van der Waals surface area (Å²) >= 11 is 3.56. The number of nitriles is 1. The number of hydrogen-bond acceptors (Lipinski definition) is 3. The van der Waals surface area contributed by atoms with Gasteiger partial charge in [0.25, 0.3) is 0 Å². The van der Waals surface area contributed by atoms with E-state index in [-0.39, 0.29) is 11.2 Å². The average molecular weight is 394 g/mol. The van der Waals surface area contributed by atoms with Crippen molar-refractivity contribution in [2.75, 3.05) is 7.11 Å². The second-order valence-electron chi connectivity index (χ2n) is 6.96. The van der Waals surface area contributed by atoms with Crippen LogP contribution in [0.25, 0.3) is 5.57 Å². The number of halogens is 1. The first kappa shape index (κ1) is 16.1. The summed E-state index contributed by atoms with van der Waals surface area (Å²) in [6, 6.07) is 11.6. The predicted octanol–water partition coefficient (Wildman–Crippen LogP) is 4.81. The fraction of sp³-hybridized carbons (Fsp3) is 0.238. The van der Waals surface area contributed by atoms with Gasteiger partial charge in [-0.25, -0.2) is 0 Å². The SMILES string of the molecule is COc1ccc2c(c1)C(C)(C)C1=C(C2=O)c2ccc(C#N)c(Br)c2C1. The first-order valence-electron chi connectivity index (χ1n) is 8.08. The molecule has 0 heterocycles. The van der Waals surface area contributed by atoms with Gasteiger partial charge in [0.15, 0.2) is 5.78 Å². The third-order valence-electron chi connectivity index (χ3n) is 5.41. The lowest BCUT2D eigenvalue weighted by molar-refractivity contribution is 0.105. The van der Waals surface area contributed by atoms with Gasteiger partial charge in [0.05, 0.1) is 12.7 Å². The fourth-order valence-corrected chi connectivity index (χ4v) is 4.57. The van der Waals surface area contributed by atoms with E-state index >= 15 is 0 Å². The molecule has 0 atom stereocenters. The predicted molar refractivity (Wildman–Crippen MR) is 99.8 cm³/mol. The molecule has 0 N–H and O–H groups in total. The first-order chi connectivity index (χ1) is 11.9. The molecule has 2 aliphatic carbocycles. The molecule has 124 valence electrons. The number of carbonyl (C=O) groups excluding carboxylic acids is 1. The van der Waals surface area contributed by atoms with Gasteiger partial charge in [0.2, 0.25) is 0 Å². The highest BCUT2D eigenvalue weighted by atomic mass is 79.9. The van der Waals surface area contributed by atoms with Crippen molar-refractivity contribution in [3.8, 4) is 11.8 Å². The molecule has 4 rings (SSSR count). The Labute approximate surface area is 155 Å². The number of carbonyl (C=O) groups is 1. The molecular formula is C21H16BrNO2. The van der Waals surface area contributed by atoms with Gasteiger partial charge in [-0.05, 0) is 68.9 Å². The summed E-state index contributed by atoms with van der Waals surface area (Å²) in [6.45, 7) is 4.30. The standard InChI is InChI=1S/C21H16BrNO2/c1-21(2)16-8-12(25-3)5-7-14(16)20(24)18-13-6-4-11(10-23)19(22)15(13)9-17(18)21/h4-8H,9H2,1-3H3. The van der Waals surface area contributed by atoms with Crippen LogP contribution >= 0.6 is 15.9 Å².